The van der Waals surface area contributed by atoms with Crippen LogP contribution in [-0.2, 0) is 0 Å². The summed E-state index contributed by atoms with van der Waals surface area (Å²) in [6.07, 6.45) is 0. The summed E-state index contributed by atoms with van der Waals surface area (Å²) in [5, 5.41) is 2.70. The van der Waals surface area contributed by atoms with E-state index in [1.807, 2.05) is 0 Å². The van der Waals surface area contributed by atoms with Crippen molar-refractivity contribution in [3.63, 3.8) is 0 Å². The molecule has 0 radical (unpaired) electrons. The number of nitrogen functional groups attached to an aromatic ring is 1. The number of halogens is 1. The number of carbonyl (C=O) groups excluding carboxylic acids is 1. The molecule has 0 heterocycles. The van der Waals surface area contributed by atoms with Crippen molar-refractivity contribution in [3.8, 4) is 5.75 Å². The molecule has 0 atom stereocenters. The second-order valence-electron chi connectivity index (χ2n) is 4.37. The van der Waals surface area contributed by atoms with Crippen LogP contribution in [0.15, 0.2) is 36.4 Å². The quantitative estimate of drug-likeness (QED) is 0.846. The van der Waals surface area contributed by atoms with E-state index in [2.05, 4.69) is 5.32 Å². The highest BCUT2D eigenvalue weighted by atomic mass is 19.1. The number of aryl methyl sites for hydroxylation is 1. The summed E-state index contributed by atoms with van der Waals surface area (Å²) in [4.78, 5) is 12.1. The van der Waals surface area contributed by atoms with Gasteiger partial charge in [0, 0.05) is 11.6 Å². The average Bonchev–Trinajstić information content (AvgIpc) is 2.40. The molecule has 3 N–H and O–H groups in total. The molecule has 0 aliphatic heterocycles. The van der Waals surface area contributed by atoms with Crippen LogP contribution in [0, 0.1) is 12.7 Å². The molecule has 104 valence electrons. The fourth-order valence-electron chi connectivity index (χ4n) is 1.85. The van der Waals surface area contributed by atoms with E-state index in [0.29, 0.717) is 28.3 Å². The molecule has 2 aromatic carbocycles. The highest BCUT2D eigenvalue weighted by Crippen LogP contribution is 2.24. The van der Waals surface area contributed by atoms with Gasteiger partial charge in [-0.15, -0.1) is 0 Å². The Bertz CT molecular complexity index is 656. The highest BCUT2D eigenvalue weighted by molar-refractivity contribution is 6.06. The lowest BCUT2D eigenvalue weighted by atomic mass is 10.1. The van der Waals surface area contributed by atoms with E-state index in [0.717, 1.165) is 0 Å². The first-order valence-electron chi connectivity index (χ1n) is 6.02. The second-order valence-corrected chi connectivity index (χ2v) is 4.37. The number of benzene rings is 2. The summed E-state index contributed by atoms with van der Waals surface area (Å²) in [6, 6.07) is 8.98. The van der Waals surface area contributed by atoms with Crippen molar-refractivity contribution in [1.29, 1.82) is 0 Å². The van der Waals surface area contributed by atoms with Crippen LogP contribution < -0.4 is 15.8 Å². The summed E-state index contributed by atoms with van der Waals surface area (Å²) in [5.74, 6) is -0.0964. The third-order valence-corrected chi connectivity index (χ3v) is 2.94. The number of amides is 1. The second kappa shape index (κ2) is 5.61. The van der Waals surface area contributed by atoms with Crippen LogP contribution in [0.2, 0.25) is 0 Å². The summed E-state index contributed by atoms with van der Waals surface area (Å²) in [6.45, 7) is 1.68. The molecule has 0 spiro atoms. The predicted molar refractivity (Wildman–Crippen MR) is 76.5 cm³/mol. The van der Waals surface area contributed by atoms with Gasteiger partial charge >= 0.3 is 0 Å². The standard InChI is InChI=1S/C15H15FN2O2/c1-9-7-10(16)3-5-12(9)15(19)18-14-6-4-11(20-2)8-13(14)17/h3-8H,17H2,1-2H3,(H,18,19). The highest BCUT2D eigenvalue weighted by Gasteiger charge is 2.11. The van der Waals surface area contributed by atoms with Crippen molar-refractivity contribution in [1.82, 2.24) is 0 Å². The minimum atomic E-state index is -0.372. The molecule has 20 heavy (non-hydrogen) atoms. The molecular weight excluding hydrogens is 259 g/mol. The van der Waals surface area contributed by atoms with Gasteiger partial charge in [0.2, 0.25) is 0 Å². The van der Waals surface area contributed by atoms with E-state index >= 15 is 0 Å². The molecule has 0 bridgehead atoms. The summed E-state index contributed by atoms with van der Waals surface area (Å²) in [5.41, 5.74) is 7.69. The third kappa shape index (κ3) is 2.88. The zero-order valence-electron chi connectivity index (χ0n) is 11.2. The summed E-state index contributed by atoms with van der Waals surface area (Å²) >= 11 is 0. The smallest absolute Gasteiger partial charge is 0.255 e. The molecule has 0 unspecified atom stereocenters. The Kier molecular flexibility index (Phi) is 3.89. The van der Waals surface area contributed by atoms with E-state index in [1.165, 1.54) is 25.3 Å². The number of ether oxygens (including phenoxy) is 1. The van der Waals surface area contributed by atoms with Gasteiger partial charge in [-0.2, -0.15) is 0 Å². The maximum Gasteiger partial charge on any atom is 0.255 e. The number of methoxy groups -OCH3 is 1. The van der Waals surface area contributed by atoms with Crippen molar-refractivity contribution in [2.75, 3.05) is 18.2 Å². The maximum absolute atomic E-state index is 13.0. The van der Waals surface area contributed by atoms with Crippen molar-refractivity contribution < 1.29 is 13.9 Å². The zero-order chi connectivity index (χ0) is 14.7. The first kappa shape index (κ1) is 13.9. The molecule has 2 aromatic rings. The lowest BCUT2D eigenvalue weighted by Crippen LogP contribution is -2.14. The van der Waals surface area contributed by atoms with E-state index < -0.39 is 0 Å². The van der Waals surface area contributed by atoms with Crippen molar-refractivity contribution in [3.05, 3.63) is 53.3 Å². The molecule has 0 saturated carbocycles. The Morgan fingerprint density at radius 2 is 2.00 bits per heavy atom. The van der Waals surface area contributed by atoms with E-state index in [1.54, 1.807) is 25.1 Å². The Labute approximate surface area is 116 Å². The van der Waals surface area contributed by atoms with Gasteiger partial charge in [0.05, 0.1) is 18.5 Å². The van der Waals surface area contributed by atoms with Crippen LogP contribution in [0.5, 0.6) is 5.75 Å². The molecule has 2 rings (SSSR count). The summed E-state index contributed by atoms with van der Waals surface area (Å²) < 4.78 is 18.1. The fourth-order valence-corrected chi connectivity index (χ4v) is 1.85. The SMILES string of the molecule is COc1ccc(NC(=O)c2ccc(F)cc2C)c(N)c1. The van der Waals surface area contributed by atoms with Crippen LogP contribution in [0.3, 0.4) is 0 Å². The monoisotopic (exact) mass is 274 g/mol. The van der Waals surface area contributed by atoms with Gasteiger partial charge in [-0.05, 0) is 42.8 Å². The molecule has 0 aromatic heterocycles. The van der Waals surface area contributed by atoms with Gasteiger partial charge in [0.25, 0.3) is 5.91 Å². The average molecular weight is 274 g/mol. The number of hydrogen-bond acceptors (Lipinski definition) is 3. The molecule has 0 saturated heterocycles. The lowest BCUT2D eigenvalue weighted by molar-refractivity contribution is 0.102. The predicted octanol–water partition coefficient (Wildman–Crippen LogP) is 2.98. The molecule has 4 nitrogen and oxygen atoms in total. The first-order chi connectivity index (χ1) is 9.51. The Hall–Kier alpha value is -2.56. The molecule has 0 aliphatic carbocycles. The third-order valence-electron chi connectivity index (χ3n) is 2.94. The van der Waals surface area contributed by atoms with Crippen LogP contribution in [0.25, 0.3) is 0 Å². The van der Waals surface area contributed by atoms with Gasteiger partial charge in [-0.25, -0.2) is 4.39 Å². The zero-order valence-corrected chi connectivity index (χ0v) is 11.2. The van der Waals surface area contributed by atoms with Crippen LogP contribution in [0.4, 0.5) is 15.8 Å². The minimum absolute atomic E-state index is 0.334. The summed E-state index contributed by atoms with van der Waals surface area (Å²) in [7, 11) is 1.54. The molecule has 0 aliphatic rings. The van der Waals surface area contributed by atoms with E-state index in [-0.39, 0.29) is 11.7 Å². The van der Waals surface area contributed by atoms with Crippen LogP contribution >= 0.6 is 0 Å². The van der Waals surface area contributed by atoms with Gasteiger partial charge in [0.1, 0.15) is 11.6 Å². The number of anilines is 2. The minimum Gasteiger partial charge on any atom is -0.497 e. The first-order valence-corrected chi connectivity index (χ1v) is 6.02. The van der Waals surface area contributed by atoms with Gasteiger partial charge < -0.3 is 15.8 Å². The van der Waals surface area contributed by atoms with Crippen molar-refractivity contribution in [2.24, 2.45) is 0 Å². The molecular formula is C15H15FN2O2. The Balaban J connectivity index is 2.23. The lowest BCUT2D eigenvalue weighted by Gasteiger charge is -2.11. The molecule has 5 heteroatoms. The normalized spacial score (nSPS) is 10.2. The van der Waals surface area contributed by atoms with Crippen molar-refractivity contribution in [2.45, 2.75) is 6.92 Å². The number of nitrogens with two attached hydrogens (primary N) is 1. The van der Waals surface area contributed by atoms with Crippen LogP contribution in [-0.4, -0.2) is 13.0 Å². The maximum atomic E-state index is 13.0. The van der Waals surface area contributed by atoms with Crippen molar-refractivity contribution >= 4 is 17.3 Å². The van der Waals surface area contributed by atoms with Crippen LogP contribution in [0.1, 0.15) is 15.9 Å². The number of hydrogen-bond donors (Lipinski definition) is 2. The van der Waals surface area contributed by atoms with Gasteiger partial charge in [-0.3, -0.25) is 4.79 Å². The Morgan fingerprint density at radius 1 is 1.25 bits per heavy atom. The van der Waals surface area contributed by atoms with Gasteiger partial charge in [-0.1, -0.05) is 0 Å². The number of nitrogens with one attached hydrogen (secondary N) is 1. The molecule has 1 amide bonds. The van der Waals surface area contributed by atoms with Gasteiger partial charge in [0.15, 0.2) is 0 Å². The topological polar surface area (TPSA) is 64.3 Å². The molecule has 0 fully saturated rings. The fraction of sp³-hybridized carbons (Fsp3) is 0.133. The number of rotatable bonds is 3. The Morgan fingerprint density at radius 3 is 2.60 bits per heavy atom. The number of carbonyl (C=O) groups is 1. The van der Waals surface area contributed by atoms with E-state index in [4.69, 9.17) is 10.5 Å². The largest absolute Gasteiger partial charge is 0.497 e. The van der Waals surface area contributed by atoms with E-state index in [9.17, 15) is 9.18 Å².